The first-order chi connectivity index (χ1) is 16.3. The van der Waals surface area contributed by atoms with Crippen LogP contribution in [0.3, 0.4) is 0 Å². The second-order valence-corrected chi connectivity index (χ2v) is 8.15. The molecule has 0 aliphatic carbocycles. The van der Waals surface area contributed by atoms with Gasteiger partial charge in [0.25, 0.3) is 5.82 Å². The van der Waals surface area contributed by atoms with Crippen LogP contribution in [0.25, 0.3) is 5.69 Å². The van der Waals surface area contributed by atoms with E-state index in [2.05, 4.69) is 20.8 Å². The molecule has 5 rings (SSSR count). The van der Waals surface area contributed by atoms with E-state index in [1.807, 2.05) is 0 Å². The summed E-state index contributed by atoms with van der Waals surface area (Å²) in [7, 11) is 1.49. The summed E-state index contributed by atoms with van der Waals surface area (Å²) >= 11 is 0. The van der Waals surface area contributed by atoms with Crippen molar-refractivity contribution in [3.8, 4) is 11.4 Å². The lowest BCUT2D eigenvalue weighted by Gasteiger charge is -2.41. The molecule has 3 aromatic rings. The molecule has 3 heterocycles. The minimum Gasteiger partial charge on any atom is -0.496 e. The fourth-order valence-corrected chi connectivity index (χ4v) is 4.61. The summed E-state index contributed by atoms with van der Waals surface area (Å²) in [5, 5.41) is 13.2. The molecule has 1 aromatic heterocycles. The number of tetrazole rings is 1. The van der Waals surface area contributed by atoms with Gasteiger partial charge in [-0.25, -0.2) is 4.39 Å². The van der Waals surface area contributed by atoms with Crippen LogP contribution >= 0.6 is 0 Å². The summed E-state index contributed by atoms with van der Waals surface area (Å²) in [5.74, 6) is -2.34. The smallest absolute Gasteiger partial charge is 0.453 e. The van der Waals surface area contributed by atoms with Gasteiger partial charge in [0.15, 0.2) is 5.79 Å². The molecule has 1 spiro atoms. The highest BCUT2D eigenvalue weighted by Gasteiger charge is 2.51. The normalized spacial score (nSPS) is 25.1. The van der Waals surface area contributed by atoms with Crippen molar-refractivity contribution >= 4 is 0 Å². The van der Waals surface area contributed by atoms with Crippen LogP contribution in [0.1, 0.15) is 35.3 Å². The molecule has 2 aliphatic heterocycles. The van der Waals surface area contributed by atoms with E-state index in [0.29, 0.717) is 35.6 Å². The largest absolute Gasteiger partial charge is 0.496 e. The number of hydrogen-bond donors (Lipinski definition) is 1. The Morgan fingerprint density at radius 1 is 1.15 bits per heavy atom. The van der Waals surface area contributed by atoms with Crippen LogP contribution < -0.4 is 10.1 Å². The lowest BCUT2D eigenvalue weighted by atomic mass is 9.87. The van der Waals surface area contributed by atoms with Crippen LogP contribution in [0, 0.1) is 5.82 Å². The average Bonchev–Trinajstić information content (AvgIpc) is 3.48. The van der Waals surface area contributed by atoms with Gasteiger partial charge in [0.2, 0.25) is 0 Å². The van der Waals surface area contributed by atoms with E-state index < -0.39 is 17.8 Å². The topological polar surface area (TPSA) is 83.3 Å². The van der Waals surface area contributed by atoms with Crippen LogP contribution in [0.4, 0.5) is 17.6 Å². The third-order valence-electron chi connectivity index (χ3n) is 6.12. The number of aromatic nitrogens is 4. The molecule has 0 amide bonds. The summed E-state index contributed by atoms with van der Waals surface area (Å²) < 4.78 is 71.9. The summed E-state index contributed by atoms with van der Waals surface area (Å²) in [4.78, 5) is 0. The molecular weight excluding hydrogens is 458 g/mol. The molecule has 2 aliphatic rings. The highest BCUT2D eigenvalue weighted by Crippen LogP contribution is 2.48. The number of morpholine rings is 1. The Kier molecular flexibility index (Phi) is 5.74. The van der Waals surface area contributed by atoms with Gasteiger partial charge in [-0.05, 0) is 46.3 Å². The van der Waals surface area contributed by atoms with Gasteiger partial charge in [-0.1, -0.05) is 12.1 Å². The Bertz CT molecular complexity index is 1170. The van der Waals surface area contributed by atoms with Crippen LogP contribution in [0.5, 0.6) is 5.75 Å². The van der Waals surface area contributed by atoms with E-state index in [1.54, 1.807) is 24.3 Å². The predicted molar refractivity (Wildman–Crippen MR) is 110 cm³/mol. The van der Waals surface area contributed by atoms with E-state index >= 15 is 0 Å². The fraction of sp³-hybridized carbons (Fsp3) is 0.409. The monoisotopic (exact) mass is 479 g/mol. The van der Waals surface area contributed by atoms with Crippen molar-refractivity contribution in [2.75, 3.05) is 26.9 Å². The zero-order valence-electron chi connectivity index (χ0n) is 18.1. The Morgan fingerprint density at radius 2 is 1.94 bits per heavy atom. The first-order valence-electron chi connectivity index (χ1n) is 10.6. The first-order valence-corrected chi connectivity index (χ1v) is 10.6. The number of alkyl halides is 3. The van der Waals surface area contributed by atoms with Gasteiger partial charge in [-0.15, -0.1) is 5.10 Å². The van der Waals surface area contributed by atoms with E-state index in [1.165, 1.54) is 25.3 Å². The molecule has 1 N–H and O–H groups in total. The number of nitrogens with zero attached hydrogens (tertiary/aromatic N) is 4. The summed E-state index contributed by atoms with van der Waals surface area (Å²) in [5.41, 5.74) is 1.60. The van der Waals surface area contributed by atoms with Crippen molar-refractivity contribution in [3.63, 3.8) is 0 Å². The number of halogens is 4. The van der Waals surface area contributed by atoms with Gasteiger partial charge < -0.3 is 19.5 Å². The Balaban J connectivity index is 1.48. The van der Waals surface area contributed by atoms with Crippen LogP contribution in [0.15, 0.2) is 42.5 Å². The van der Waals surface area contributed by atoms with Crippen LogP contribution in [0.2, 0.25) is 0 Å². The van der Waals surface area contributed by atoms with Crippen LogP contribution in [-0.2, 0) is 15.7 Å². The lowest BCUT2D eigenvalue weighted by Crippen LogP contribution is -2.52. The number of nitrogens with one attached hydrogen (secondary N) is 1. The number of hydrogen-bond acceptors (Lipinski definition) is 7. The molecular formula is C22H21F4N5O3. The third kappa shape index (κ3) is 4.01. The molecule has 0 bridgehead atoms. The van der Waals surface area contributed by atoms with Crippen molar-refractivity contribution in [3.05, 3.63) is 65.2 Å². The van der Waals surface area contributed by atoms with Crippen molar-refractivity contribution < 1.29 is 31.8 Å². The second kappa shape index (κ2) is 8.60. The maximum Gasteiger partial charge on any atom is 0.453 e. The molecule has 12 heteroatoms. The van der Waals surface area contributed by atoms with E-state index in [4.69, 9.17) is 14.2 Å². The maximum atomic E-state index is 13.5. The molecule has 2 fully saturated rings. The second-order valence-electron chi connectivity index (χ2n) is 8.15. The SMILES string of the molecule is COc1ccc(-n2nnnc2C(F)(F)F)cc1[C@H]1CO[C@@]2(C1)OCCN[C@H]2c1ccc(F)cc1. The van der Waals surface area contributed by atoms with E-state index in [9.17, 15) is 17.6 Å². The molecule has 0 saturated carbocycles. The highest BCUT2D eigenvalue weighted by atomic mass is 19.4. The molecule has 8 nitrogen and oxygen atoms in total. The van der Waals surface area contributed by atoms with Crippen LogP contribution in [-0.4, -0.2) is 52.9 Å². The van der Waals surface area contributed by atoms with Gasteiger partial charge in [0.1, 0.15) is 11.6 Å². The molecule has 2 saturated heterocycles. The van der Waals surface area contributed by atoms with Crippen molar-refractivity contribution in [1.29, 1.82) is 0 Å². The molecule has 0 radical (unpaired) electrons. The third-order valence-corrected chi connectivity index (χ3v) is 6.12. The summed E-state index contributed by atoms with van der Waals surface area (Å²) in [6.07, 6.45) is -4.31. The molecule has 2 aromatic carbocycles. The zero-order valence-corrected chi connectivity index (χ0v) is 18.1. The van der Waals surface area contributed by atoms with E-state index in [0.717, 1.165) is 5.56 Å². The van der Waals surface area contributed by atoms with Crippen molar-refractivity contribution in [1.82, 2.24) is 25.5 Å². The van der Waals surface area contributed by atoms with Gasteiger partial charge in [0.05, 0.1) is 32.1 Å². The zero-order chi connectivity index (χ0) is 23.9. The van der Waals surface area contributed by atoms with Gasteiger partial charge in [-0.3, -0.25) is 0 Å². The summed E-state index contributed by atoms with van der Waals surface area (Å²) in [6.45, 7) is 1.26. The van der Waals surface area contributed by atoms with Gasteiger partial charge in [0, 0.05) is 24.4 Å². The number of ether oxygens (including phenoxy) is 3. The highest BCUT2D eigenvalue weighted by molar-refractivity contribution is 5.47. The Morgan fingerprint density at radius 3 is 2.68 bits per heavy atom. The van der Waals surface area contributed by atoms with Crippen molar-refractivity contribution in [2.45, 2.75) is 30.3 Å². The Labute approximate surface area is 191 Å². The number of benzene rings is 2. The lowest BCUT2D eigenvalue weighted by molar-refractivity contribution is -0.245. The summed E-state index contributed by atoms with van der Waals surface area (Å²) in [6, 6.07) is 10.4. The maximum absolute atomic E-state index is 13.5. The molecule has 0 unspecified atom stereocenters. The molecule has 180 valence electrons. The van der Waals surface area contributed by atoms with Gasteiger partial charge >= 0.3 is 6.18 Å². The minimum atomic E-state index is -4.71. The predicted octanol–water partition coefficient (Wildman–Crippen LogP) is 3.39. The van der Waals surface area contributed by atoms with Crippen molar-refractivity contribution in [2.24, 2.45) is 0 Å². The minimum absolute atomic E-state index is 0.145. The fourth-order valence-electron chi connectivity index (χ4n) is 4.61. The molecule has 34 heavy (non-hydrogen) atoms. The van der Waals surface area contributed by atoms with Gasteiger partial charge in [-0.2, -0.15) is 17.9 Å². The average molecular weight is 479 g/mol. The number of rotatable bonds is 4. The number of methoxy groups -OCH3 is 1. The molecule has 3 atom stereocenters. The van der Waals surface area contributed by atoms with E-state index in [-0.39, 0.29) is 30.1 Å². The first kappa shape index (κ1) is 22.7. The Hall–Kier alpha value is -3.09. The quantitative estimate of drug-likeness (QED) is 0.575. The standard InChI is InChI=1S/C22H21F4N5O3/c1-32-18-7-6-16(31-20(22(24,25)26)28-29-30-31)10-17(18)14-11-21(34-12-14)19(27-8-9-33-21)13-2-4-15(23)5-3-13/h2-7,10,14,19,27H,8-9,11-12H2,1H3/t14-,19+,21-/m1/s1.